The largest absolute Gasteiger partial charge is 0.419 e. The van der Waals surface area contributed by atoms with Crippen molar-refractivity contribution >= 4 is 0 Å². The van der Waals surface area contributed by atoms with Crippen LogP contribution < -0.4 is 0 Å². The minimum Gasteiger partial charge on any atom is -0.419 e. The molecule has 0 bridgehead atoms. The summed E-state index contributed by atoms with van der Waals surface area (Å²) in [6.07, 6.45) is 0. The third-order valence-electron chi connectivity index (χ3n) is 5.61. The van der Waals surface area contributed by atoms with Crippen molar-refractivity contribution in [2.45, 2.75) is 39.8 Å². The molecular weight excluding hydrogens is 360 g/mol. The fourth-order valence-electron chi connectivity index (χ4n) is 3.78. The van der Waals surface area contributed by atoms with Crippen LogP contribution in [0.3, 0.4) is 0 Å². The first kappa shape index (κ1) is 19.8. The van der Waals surface area contributed by atoms with Crippen molar-refractivity contribution in [3.8, 4) is 11.5 Å². The minimum absolute atomic E-state index is 0.587. The van der Waals surface area contributed by atoms with E-state index in [0.29, 0.717) is 17.7 Å². The summed E-state index contributed by atoms with van der Waals surface area (Å²) in [5, 5.41) is 8.48. The van der Waals surface area contributed by atoms with Crippen LogP contribution in [0, 0.1) is 6.92 Å². The number of benzene rings is 2. The van der Waals surface area contributed by atoms with Gasteiger partial charge in [0.2, 0.25) is 11.8 Å². The molecule has 3 aromatic rings. The second-order valence-corrected chi connectivity index (χ2v) is 8.32. The summed E-state index contributed by atoms with van der Waals surface area (Å²) in [6, 6.07) is 17.2. The average Bonchev–Trinajstić information content (AvgIpc) is 3.18. The normalized spacial score (nSPS) is 15.9. The maximum absolute atomic E-state index is 5.90. The molecule has 152 valence electrons. The van der Waals surface area contributed by atoms with Crippen LogP contribution in [0.15, 0.2) is 52.9 Å². The summed E-state index contributed by atoms with van der Waals surface area (Å²) in [7, 11) is 0. The van der Waals surface area contributed by atoms with Crippen molar-refractivity contribution in [2.75, 3.05) is 26.2 Å². The van der Waals surface area contributed by atoms with Gasteiger partial charge in [0.25, 0.3) is 0 Å². The monoisotopic (exact) mass is 390 g/mol. The zero-order chi connectivity index (χ0) is 20.2. The molecule has 2 aromatic carbocycles. The van der Waals surface area contributed by atoms with Crippen LogP contribution in [-0.4, -0.2) is 46.2 Å². The fraction of sp³-hybridized carbons (Fsp3) is 0.417. The lowest BCUT2D eigenvalue weighted by Gasteiger charge is -2.34. The quantitative estimate of drug-likeness (QED) is 0.621. The topological polar surface area (TPSA) is 45.4 Å². The molecule has 0 atom stereocenters. The Labute approximate surface area is 173 Å². The lowest BCUT2D eigenvalue weighted by atomic mass is 10.0. The standard InChI is InChI=1S/C24H30N4O/c1-18(2)21-9-7-20(8-10-21)16-27-11-13-28(14-12-27)17-23-25-26-24(29-23)22-6-4-5-19(3)15-22/h4-10,15,18H,11-14,16-17H2,1-3H3. The molecule has 0 radical (unpaired) electrons. The van der Waals surface area contributed by atoms with Gasteiger partial charge in [0.1, 0.15) is 0 Å². The van der Waals surface area contributed by atoms with Gasteiger partial charge in [-0.3, -0.25) is 9.80 Å². The smallest absolute Gasteiger partial charge is 0.247 e. The molecule has 1 aromatic heterocycles. The van der Waals surface area contributed by atoms with Crippen molar-refractivity contribution < 1.29 is 4.42 Å². The second-order valence-electron chi connectivity index (χ2n) is 8.32. The molecule has 5 nitrogen and oxygen atoms in total. The van der Waals surface area contributed by atoms with E-state index in [1.54, 1.807) is 0 Å². The van der Waals surface area contributed by atoms with Gasteiger partial charge >= 0.3 is 0 Å². The summed E-state index contributed by atoms with van der Waals surface area (Å²) in [6.45, 7) is 12.4. The van der Waals surface area contributed by atoms with E-state index in [1.165, 1.54) is 16.7 Å². The van der Waals surface area contributed by atoms with Gasteiger partial charge in [0.15, 0.2) is 0 Å². The molecule has 4 rings (SSSR count). The summed E-state index contributed by atoms with van der Waals surface area (Å²) < 4.78 is 5.90. The highest BCUT2D eigenvalue weighted by Gasteiger charge is 2.19. The van der Waals surface area contributed by atoms with Crippen molar-refractivity contribution in [2.24, 2.45) is 0 Å². The number of aromatic nitrogens is 2. The molecule has 0 spiro atoms. The van der Waals surface area contributed by atoms with E-state index in [1.807, 2.05) is 12.1 Å². The summed E-state index contributed by atoms with van der Waals surface area (Å²) in [5.41, 5.74) is 4.97. The van der Waals surface area contributed by atoms with Crippen molar-refractivity contribution in [1.29, 1.82) is 0 Å². The molecule has 0 amide bonds. The van der Waals surface area contributed by atoms with Gasteiger partial charge in [-0.1, -0.05) is 55.8 Å². The SMILES string of the molecule is Cc1cccc(-c2nnc(CN3CCN(Cc4ccc(C(C)C)cc4)CC3)o2)c1. The second kappa shape index (κ2) is 8.89. The number of piperazine rings is 1. The fourth-order valence-corrected chi connectivity index (χ4v) is 3.78. The highest BCUT2D eigenvalue weighted by Crippen LogP contribution is 2.20. The molecule has 2 heterocycles. The summed E-state index contributed by atoms with van der Waals surface area (Å²) in [5.74, 6) is 1.88. The Morgan fingerprint density at radius 2 is 1.59 bits per heavy atom. The Morgan fingerprint density at radius 1 is 0.897 bits per heavy atom. The van der Waals surface area contributed by atoms with Crippen molar-refractivity contribution in [3.63, 3.8) is 0 Å². The lowest BCUT2D eigenvalue weighted by molar-refractivity contribution is 0.114. The molecule has 1 fully saturated rings. The molecule has 5 heteroatoms. The zero-order valence-electron chi connectivity index (χ0n) is 17.6. The Hall–Kier alpha value is -2.50. The summed E-state index contributed by atoms with van der Waals surface area (Å²) in [4.78, 5) is 4.92. The highest BCUT2D eigenvalue weighted by molar-refractivity contribution is 5.53. The van der Waals surface area contributed by atoms with E-state index in [4.69, 9.17) is 4.42 Å². The maximum atomic E-state index is 5.90. The van der Waals surface area contributed by atoms with Crippen LogP contribution in [0.5, 0.6) is 0 Å². The Balaban J connectivity index is 1.28. The number of hydrogen-bond acceptors (Lipinski definition) is 5. The van der Waals surface area contributed by atoms with Crippen molar-refractivity contribution in [3.05, 3.63) is 71.1 Å². The molecule has 1 aliphatic rings. The third kappa shape index (κ3) is 5.11. The van der Waals surface area contributed by atoms with E-state index in [0.717, 1.165) is 44.8 Å². The maximum Gasteiger partial charge on any atom is 0.247 e. The molecule has 1 aliphatic heterocycles. The van der Waals surface area contributed by atoms with Crippen LogP contribution in [-0.2, 0) is 13.1 Å². The molecular formula is C24H30N4O. The zero-order valence-corrected chi connectivity index (χ0v) is 17.6. The van der Waals surface area contributed by atoms with E-state index >= 15 is 0 Å². The molecule has 0 N–H and O–H groups in total. The first-order chi connectivity index (χ1) is 14.1. The van der Waals surface area contributed by atoms with E-state index in [9.17, 15) is 0 Å². The molecule has 29 heavy (non-hydrogen) atoms. The van der Waals surface area contributed by atoms with Crippen LogP contribution in [0.2, 0.25) is 0 Å². The van der Waals surface area contributed by atoms with Gasteiger partial charge in [-0.15, -0.1) is 10.2 Å². The first-order valence-corrected chi connectivity index (χ1v) is 10.5. The van der Waals surface area contributed by atoms with Crippen LogP contribution in [0.25, 0.3) is 11.5 Å². The van der Waals surface area contributed by atoms with E-state index in [2.05, 4.69) is 77.2 Å². The van der Waals surface area contributed by atoms with Crippen molar-refractivity contribution in [1.82, 2.24) is 20.0 Å². The Kier molecular flexibility index (Phi) is 6.07. The van der Waals surface area contributed by atoms with E-state index < -0.39 is 0 Å². The molecule has 0 unspecified atom stereocenters. The Morgan fingerprint density at radius 3 is 2.24 bits per heavy atom. The molecule has 0 saturated carbocycles. The number of hydrogen-bond donors (Lipinski definition) is 0. The molecule has 1 saturated heterocycles. The van der Waals surface area contributed by atoms with Gasteiger partial charge in [-0.05, 0) is 36.1 Å². The minimum atomic E-state index is 0.587. The molecule has 0 aliphatic carbocycles. The van der Waals surface area contributed by atoms with Gasteiger partial charge in [-0.2, -0.15) is 0 Å². The Bertz CT molecular complexity index is 924. The van der Waals surface area contributed by atoms with Gasteiger partial charge in [0, 0.05) is 38.3 Å². The predicted molar refractivity (Wildman–Crippen MR) is 116 cm³/mol. The van der Waals surface area contributed by atoms with Crippen LogP contribution in [0.4, 0.5) is 0 Å². The lowest BCUT2D eigenvalue weighted by Crippen LogP contribution is -2.45. The van der Waals surface area contributed by atoms with Crippen LogP contribution >= 0.6 is 0 Å². The predicted octanol–water partition coefficient (Wildman–Crippen LogP) is 4.49. The number of aryl methyl sites for hydroxylation is 1. The first-order valence-electron chi connectivity index (χ1n) is 10.5. The third-order valence-corrected chi connectivity index (χ3v) is 5.61. The number of rotatable bonds is 6. The summed E-state index contributed by atoms with van der Waals surface area (Å²) >= 11 is 0. The van der Waals surface area contributed by atoms with Gasteiger partial charge < -0.3 is 4.42 Å². The van der Waals surface area contributed by atoms with Gasteiger partial charge in [-0.25, -0.2) is 0 Å². The average molecular weight is 391 g/mol. The van der Waals surface area contributed by atoms with E-state index in [-0.39, 0.29) is 0 Å². The van der Waals surface area contributed by atoms with Crippen LogP contribution in [0.1, 0.15) is 42.3 Å². The van der Waals surface area contributed by atoms with Gasteiger partial charge in [0.05, 0.1) is 6.54 Å². The highest BCUT2D eigenvalue weighted by atomic mass is 16.4. The number of nitrogens with zero attached hydrogens (tertiary/aromatic N) is 4.